The number of hydrogen-bond acceptors (Lipinski definition) is 4. The van der Waals surface area contributed by atoms with Gasteiger partial charge in [0, 0.05) is 5.38 Å². The fourth-order valence-electron chi connectivity index (χ4n) is 2.09. The first-order chi connectivity index (χ1) is 9.97. The van der Waals surface area contributed by atoms with E-state index >= 15 is 0 Å². The number of carboxylic acids is 1. The number of benzene rings is 1. The first-order valence-corrected chi connectivity index (χ1v) is 7.35. The van der Waals surface area contributed by atoms with Gasteiger partial charge in [-0.1, -0.05) is 24.3 Å². The van der Waals surface area contributed by atoms with Crippen molar-refractivity contribution in [2.24, 2.45) is 0 Å². The highest BCUT2D eigenvalue weighted by atomic mass is 32.1. The summed E-state index contributed by atoms with van der Waals surface area (Å²) in [4.78, 5) is 27.3. The van der Waals surface area contributed by atoms with Crippen LogP contribution in [-0.4, -0.2) is 22.0 Å². The zero-order valence-electron chi connectivity index (χ0n) is 11.8. The van der Waals surface area contributed by atoms with E-state index in [0.717, 1.165) is 16.1 Å². The molecule has 5 nitrogen and oxygen atoms in total. The molecule has 6 heteroatoms. The second-order valence-corrected chi connectivity index (χ2v) is 5.79. The minimum atomic E-state index is -0.960. The smallest absolute Gasteiger partial charge is 0.305 e. The van der Waals surface area contributed by atoms with Crippen molar-refractivity contribution in [1.82, 2.24) is 10.3 Å². The number of carboxylic acid groups (broad SMARTS) is 1. The molecule has 2 aromatic rings. The van der Waals surface area contributed by atoms with E-state index in [2.05, 4.69) is 10.3 Å². The van der Waals surface area contributed by atoms with Gasteiger partial charge < -0.3 is 10.4 Å². The van der Waals surface area contributed by atoms with E-state index in [9.17, 15) is 9.59 Å². The van der Waals surface area contributed by atoms with E-state index in [1.807, 2.05) is 38.1 Å². The molecule has 1 atom stereocenters. The Morgan fingerprint density at radius 1 is 1.33 bits per heavy atom. The third kappa shape index (κ3) is 3.88. The number of amides is 1. The topological polar surface area (TPSA) is 79.3 Å². The van der Waals surface area contributed by atoms with Crippen molar-refractivity contribution in [2.45, 2.75) is 26.3 Å². The monoisotopic (exact) mass is 304 g/mol. The summed E-state index contributed by atoms with van der Waals surface area (Å²) in [7, 11) is 0. The first-order valence-electron chi connectivity index (χ1n) is 6.47. The van der Waals surface area contributed by atoms with Crippen molar-refractivity contribution in [1.29, 1.82) is 0 Å². The van der Waals surface area contributed by atoms with Crippen LogP contribution in [0.1, 0.15) is 39.1 Å². The lowest BCUT2D eigenvalue weighted by Crippen LogP contribution is -2.30. The molecule has 0 aliphatic heterocycles. The molecule has 21 heavy (non-hydrogen) atoms. The highest BCUT2D eigenvalue weighted by molar-refractivity contribution is 7.09. The van der Waals surface area contributed by atoms with Crippen molar-refractivity contribution in [3.8, 4) is 0 Å². The van der Waals surface area contributed by atoms with E-state index in [1.54, 1.807) is 5.38 Å². The molecule has 2 rings (SSSR count). The minimum absolute atomic E-state index is 0.167. The summed E-state index contributed by atoms with van der Waals surface area (Å²) in [6.45, 7) is 3.71. The Kier molecular flexibility index (Phi) is 4.70. The predicted octanol–water partition coefficient (Wildman–Crippen LogP) is 2.71. The average molecular weight is 304 g/mol. The lowest BCUT2D eigenvalue weighted by atomic mass is 9.98. The van der Waals surface area contributed by atoms with E-state index < -0.39 is 12.0 Å². The van der Waals surface area contributed by atoms with Crippen LogP contribution in [0.2, 0.25) is 0 Å². The van der Waals surface area contributed by atoms with Gasteiger partial charge in [-0.3, -0.25) is 9.59 Å². The number of hydrogen-bond donors (Lipinski definition) is 2. The average Bonchev–Trinajstić information content (AvgIpc) is 2.85. The van der Waals surface area contributed by atoms with Crippen LogP contribution in [0.3, 0.4) is 0 Å². The quantitative estimate of drug-likeness (QED) is 0.890. The summed E-state index contributed by atoms with van der Waals surface area (Å²) in [5.41, 5.74) is 2.07. The Morgan fingerprint density at radius 3 is 2.62 bits per heavy atom. The van der Waals surface area contributed by atoms with E-state index in [1.165, 1.54) is 11.3 Å². The Labute approximate surface area is 126 Å². The molecule has 2 N–H and O–H groups in total. The Bertz CT molecular complexity index is 666. The number of aliphatic carboxylic acids is 1. The van der Waals surface area contributed by atoms with Crippen LogP contribution >= 0.6 is 11.3 Å². The van der Waals surface area contributed by atoms with E-state index in [-0.39, 0.29) is 12.3 Å². The maximum absolute atomic E-state index is 12.2. The summed E-state index contributed by atoms with van der Waals surface area (Å²) in [5, 5.41) is 14.3. The third-order valence-corrected chi connectivity index (χ3v) is 3.87. The number of rotatable bonds is 5. The van der Waals surface area contributed by atoms with E-state index in [0.29, 0.717) is 5.69 Å². The van der Waals surface area contributed by atoms with Gasteiger partial charge in [-0.15, -0.1) is 11.3 Å². The molecule has 1 heterocycles. The van der Waals surface area contributed by atoms with Crippen molar-refractivity contribution < 1.29 is 14.7 Å². The molecule has 0 bridgehead atoms. The second kappa shape index (κ2) is 6.49. The largest absolute Gasteiger partial charge is 0.481 e. The molecule has 0 aliphatic carbocycles. The van der Waals surface area contributed by atoms with Crippen LogP contribution in [0.5, 0.6) is 0 Å². The van der Waals surface area contributed by atoms with Gasteiger partial charge in [-0.05, 0) is 25.0 Å². The van der Waals surface area contributed by atoms with Crippen molar-refractivity contribution >= 4 is 23.2 Å². The summed E-state index contributed by atoms with van der Waals surface area (Å²) in [6.07, 6.45) is -0.167. The predicted molar refractivity (Wildman–Crippen MR) is 80.5 cm³/mol. The summed E-state index contributed by atoms with van der Waals surface area (Å²) in [5.74, 6) is -1.31. The van der Waals surface area contributed by atoms with Gasteiger partial charge in [0.1, 0.15) is 5.69 Å². The van der Waals surface area contributed by atoms with Gasteiger partial charge in [-0.25, -0.2) is 4.98 Å². The van der Waals surface area contributed by atoms with Crippen LogP contribution in [0.25, 0.3) is 0 Å². The zero-order valence-corrected chi connectivity index (χ0v) is 12.6. The van der Waals surface area contributed by atoms with E-state index in [4.69, 9.17) is 5.11 Å². The van der Waals surface area contributed by atoms with Crippen molar-refractivity contribution in [2.75, 3.05) is 0 Å². The number of aryl methyl sites for hydroxylation is 2. The third-order valence-electron chi connectivity index (χ3n) is 3.10. The molecule has 0 unspecified atom stereocenters. The highest BCUT2D eigenvalue weighted by Gasteiger charge is 2.21. The number of carbonyl (C=O) groups is 2. The van der Waals surface area contributed by atoms with Crippen LogP contribution in [0.15, 0.2) is 29.6 Å². The first kappa shape index (κ1) is 15.2. The molecule has 0 aliphatic rings. The molecule has 1 aromatic carbocycles. The van der Waals surface area contributed by atoms with Crippen LogP contribution in [0, 0.1) is 13.8 Å². The molecule has 0 spiro atoms. The molecule has 0 radical (unpaired) electrons. The standard InChI is InChI=1S/C15H16N2O3S/c1-9-5-3-4-6-11(9)12(7-14(18)19)17-15(20)13-8-21-10(2)16-13/h3-6,8,12H,7H2,1-2H3,(H,17,20)(H,18,19)/t12-/m1/s1. The Balaban J connectivity index is 2.23. The number of thiazole rings is 1. The maximum Gasteiger partial charge on any atom is 0.305 e. The van der Waals surface area contributed by atoms with Gasteiger partial charge >= 0.3 is 5.97 Å². The highest BCUT2D eigenvalue weighted by Crippen LogP contribution is 2.21. The number of nitrogens with zero attached hydrogens (tertiary/aromatic N) is 1. The van der Waals surface area contributed by atoms with Crippen LogP contribution < -0.4 is 5.32 Å². The number of carbonyl (C=O) groups excluding carboxylic acids is 1. The Hall–Kier alpha value is -2.21. The molecule has 0 saturated carbocycles. The van der Waals surface area contributed by atoms with Gasteiger partial charge in [0.15, 0.2) is 0 Å². The fraction of sp³-hybridized carbons (Fsp3) is 0.267. The summed E-state index contributed by atoms with van der Waals surface area (Å²) in [6, 6.07) is 6.86. The molecule has 110 valence electrons. The Morgan fingerprint density at radius 2 is 2.05 bits per heavy atom. The van der Waals surface area contributed by atoms with Gasteiger partial charge in [-0.2, -0.15) is 0 Å². The van der Waals surface area contributed by atoms with Gasteiger partial charge in [0.05, 0.1) is 17.5 Å². The SMILES string of the molecule is Cc1nc(C(=O)N[C@H](CC(=O)O)c2ccccc2C)cs1. The van der Waals surface area contributed by atoms with Gasteiger partial charge in [0.25, 0.3) is 5.91 Å². The lowest BCUT2D eigenvalue weighted by Gasteiger charge is -2.18. The molecule has 0 saturated heterocycles. The molecule has 0 fully saturated rings. The molecular formula is C15H16N2O3S. The minimum Gasteiger partial charge on any atom is -0.481 e. The fourth-order valence-corrected chi connectivity index (χ4v) is 2.68. The lowest BCUT2D eigenvalue weighted by molar-refractivity contribution is -0.137. The second-order valence-electron chi connectivity index (χ2n) is 4.73. The van der Waals surface area contributed by atoms with Crippen molar-refractivity contribution in [3.05, 3.63) is 51.5 Å². The molecule has 1 amide bonds. The molecule has 1 aromatic heterocycles. The molecular weight excluding hydrogens is 288 g/mol. The van der Waals surface area contributed by atoms with Crippen LogP contribution in [-0.2, 0) is 4.79 Å². The maximum atomic E-state index is 12.2. The van der Waals surface area contributed by atoms with Gasteiger partial charge in [0.2, 0.25) is 0 Å². The number of aromatic nitrogens is 1. The zero-order chi connectivity index (χ0) is 15.4. The number of nitrogens with one attached hydrogen (secondary N) is 1. The normalized spacial score (nSPS) is 11.9. The summed E-state index contributed by atoms with van der Waals surface area (Å²) < 4.78 is 0. The van der Waals surface area contributed by atoms with Crippen molar-refractivity contribution in [3.63, 3.8) is 0 Å². The summed E-state index contributed by atoms with van der Waals surface area (Å²) >= 11 is 1.38. The van der Waals surface area contributed by atoms with Crippen LogP contribution in [0.4, 0.5) is 0 Å².